The van der Waals surface area contributed by atoms with Gasteiger partial charge in [-0.25, -0.2) is 0 Å². The Kier molecular flexibility index (Phi) is 6.14. The molecule has 1 rings (SSSR count). The molecule has 1 amide bonds. The minimum absolute atomic E-state index is 0.0774. The Balaban J connectivity index is 2.55. The van der Waals surface area contributed by atoms with Crippen LogP contribution in [0.25, 0.3) is 0 Å². The zero-order valence-electron chi connectivity index (χ0n) is 10.2. The molecule has 16 heavy (non-hydrogen) atoms. The molecular formula is C12H22ClNO2. The maximum absolute atomic E-state index is 12.0. The molecule has 1 aliphatic rings. The first-order chi connectivity index (χ1) is 7.70. The Bertz CT molecular complexity index is 223. The molecule has 0 saturated carbocycles. The Morgan fingerprint density at radius 2 is 2.25 bits per heavy atom. The van der Waals surface area contributed by atoms with Crippen molar-refractivity contribution in [1.82, 2.24) is 4.90 Å². The van der Waals surface area contributed by atoms with Crippen molar-refractivity contribution in [1.29, 1.82) is 0 Å². The van der Waals surface area contributed by atoms with Gasteiger partial charge in [-0.3, -0.25) is 4.79 Å². The van der Waals surface area contributed by atoms with Crippen molar-refractivity contribution in [2.45, 2.75) is 50.9 Å². The van der Waals surface area contributed by atoms with E-state index in [1.165, 1.54) is 6.42 Å². The summed E-state index contributed by atoms with van der Waals surface area (Å²) < 4.78 is 5.43. The maximum Gasteiger partial charge on any atom is 0.240 e. The lowest BCUT2D eigenvalue weighted by atomic mass is 10.0. The second kappa shape index (κ2) is 7.13. The molecule has 0 radical (unpaired) electrons. The van der Waals surface area contributed by atoms with Crippen LogP contribution in [0.5, 0.6) is 0 Å². The van der Waals surface area contributed by atoms with E-state index in [9.17, 15) is 4.79 Å². The largest absolute Gasteiger partial charge is 0.380 e. The third kappa shape index (κ3) is 3.63. The first-order valence-electron chi connectivity index (χ1n) is 6.23. The van der Waals surface area contributed by atoms with Gasteiger partial charge in [-0.1, -0.05) is 6.92 Å². The number of carbonyl (C=O) groups is 1. The zero-order chi connectivity index (χ0) is 12.0. The SMILES string of the molecule is CCOCC1CCCCN1C(=O)C(Cl)CC. The normalized spacial score (nSPS) is 23.2. The fourth-order valence-electron chi connectivity index (χ4n) is 2.07. The molecule has 4 heteroatoms. The number of carbonyl (C=O) groups excluding carboxylic acids is 1. The highest BCUT2D eigenvalue weighted by atomic mass is 35.5. The van der Waals surface area contributed by atoms with E-state index in [1.54, 1.807) is 0 Å². The molecule has 1 aliphatic heterocycles. The van der Waals surface area contributed by atoms with Crippen LogP contribution in [0.4, 0.5) is 0 Å². The summed E-state index contributed by atoms with van der Waals surface area (Å²) in [6, 6.07) is 0.231. The van der Waals surface area contributed by atoms with Gasteiger partial charge >= 0.3 is 0 Å². The highest BCUT2D eigenvalue weighted by Gasteiger charge is 2.29. The Morgan fingerprint density at radius 1 is 1.50 bits per heavy atom. The maximum atomic E-state index is 12.0. The predicted molar refractivity (Wildman–Crippen MR) is 65.8 cm³/mol. The number of piperidine rings is 1. The standard InChI is InChI=1S/C12H22ClNO2/c1-3-11(13)12(15)14-8-6-5-7-10(14)9-16-4-2/h10-11H,3-9H2,1-2H3. The van der Waals surface area contributed by atoms with E-state index in [0.29, 0.717) is 19.6 Å². The molecule has 1 saturated heterocycles. The lowest BCUT2D eigenvalue weighted by Gasteiger charge is -2.36. The number of halogens is 1. The van der Waals surface area contributed by atoms with Crippen molar-refractivity contribution in [3.8, 4) is 0 Å². The number of amides is 1. The number of nitrogens with zero attached hydrogens (tertiary/aromatic N) is 1. The molecular weight excluding hydrogens is 226 g/mol. The summed E-state index contributed by atoms with van der Waals surface area (Å²) in [6.07, 6.45) is 4.00. The van der Waals surface area contributed by atoms with Crippen molar-refractivity contribution in [2.24, 2.45) is 0 Å². The fourth-order valence-corrected chi connectivity index (χ4v) is 2.20. The van der Waals surface area contributed by atoms with Gasteiger partial charge in [0.05, 0.1) is 12.6 Å². The van der Waals surface area contributed by atoms with Crippen LogP contribution in [-0.4, -0.2) is 42.0 Å². The highest BCUT2D eigenvalue weighted by Crippen LogP contribution is 2.20. The number of ether oxygens (including phenoxy) is 1. The molecule has 0 aromatic rings. The molecule has 1 heterocycles. The second-order valence-electron chi connectivity index (χ2n) is 4.22. The van der Waals surface area contributed by atoms with E-state index in [1.807, 2.05) is 18.7 Å². The number of hydrogen-bond donors (Lipinski definition) is 0. The summed E-state index contributed by atoms with van der Waals surface area (Å²) in [6.45, 7) is 6.11. The van der Waals surface area contributed by atoms with Crippen LogP contribution in [0.2, 0.25) is 0 Å². The van der Waals surface area contributed by atoms with Crippen LogP contribution in [0.15, 0.2) is 0 Å². The monoisotopic (exact) mass is 247 g/mol. The number of likely N-dealkylation sites (tertiary alicyclic amines) is 1. The van der Waals surface area contributed by atoms with Gasteiger partial charge in [0.2, 0.25) is 5.91 Å². The minimum Gasteiger partial charge on any atom is -0.380 e. The summed E-state index contributed by atoms with van der Waals surface area (Å²) in [4.78, 5) is 14.0. The molecule has 0 bridgehead atoms. The van der Waals surface area contributed by atoms with Gasteiger partial charge in [0.1, 0.15) is 5.38 Å². The van der Waals surface area contributed by atoms with Gasteiger partial charge in [0.15, 0.2) is 0 Å². The highest BCUT2D eigenvalue weighted by molar-refractivity contribution is 6.30. The van der Waals surface area contributed by atoms with Crippen molar-refractivity contribution in [3.05, 3.63) is 0 Å². The van der Waals surface area contributed by atoms with E-state index < -0.39 is 0 Å². The molecule has 1 fully saturated rings. The summed E-state index contributed by atoms with van der Waals surface area (Å²) in [5.41, 5.74) is 0. The van der Waals surface area contributed by atoms with Gasteiger partial charge in [0, 0.05) is 13.2 Å². The van der Waals surface area contributed by atoms with E-state index in [4.69, 9.17) is 16.3 Å². The van der Waals surface area contributed by atoms with E-state index in [2.05, 4.69) is 0 Å². The summed E-state index contributed by atoms with van der Waals surface area (Å²) in [5.74, 6) is 0.0774. The first-order valence-corrected chi connectivity index (χ1v) is 6.66. The lowest BCUT2D eigenvalue weighted by molar-refractivity contribution is -0.136. The Hall–Kier alpha value is -0.280. The molecule has 0 aromatic carbocycles. The molecule has 2 atom stereocenters. The topological polar surface area (TPSA) is 29.5 Å². The average Bonchev–Trinajstić information content (AvgIpc) is 2.34. The molecule has 3 nitrogen and oxygen atoms in total. The Morgan fingerprint density at radius 3 is 2.88 bits per heavy atom. The molecule has 0 N–H and O–H groups in total. The molecule has 0 aliphatic carbocycles. The van der Waals surface area contributed by atoms with E-state index in [-0.39, 0.29) is 17.3 Å². The average molecular weight is 248 g/mol. The predicted octanol–water partition coefficient (Wildman–Crippen LogP) is 2.42. The number of alkyl halides is 1. The summed E-state index contributed by atoms with van der Waals surface area (Å²) in [7, 11) is 0. The van der Waals surface area contributed by atoms with Crippen LogP contribution in [0, 0.1) is 0 Å². The minimum atomic E-state index is -0.373. The Labute approximate surface area is 103 Å². The molecule has 0 aromatic heterocycles. The van der Waals surface area contributed by atoms with Crippen molar-refractivity contribution >= 4 is 17.5 Å². The van der Waals surface area contributed by atoms with E-state index in [0.717, 1.165) is 19.4 Å². The third-order valence-electron chi connectivity index (χ3n) is 3.05. The van der Waals surface area contributed by atoms with Crippen LogP contribution in [0.1, 0.15) is 39.5 Å². The van der Waals surface area contributed by atoms with E-state index >= 15 is 0 Å². The fraction of sp³-hybridized carbons (Fsp3) is 0.917. The van der Waals surface area contributed by atoms with Gasteiger partial charge in [0.25, 0.3) is 0 Å². The van der Waals surface area contributed by atoms with Crippen molar-refractivity contribution in [2.75, 3.05) is 19.8 Å². The second-order valence-corrected chi connectivity index (χ2v) is 4.74. The first kappa shape index (κ1) is 13.8. The summed E-state index contributed by atoms with van der Waals surface area (Å²) in [5, 5.41) is -0.373. The summed E-state index contributed by atoms with van der Waals surface area (Å²) >= 11 is 6.02. The molecule has 94 valence electrons. The van der Waals surface area contributed by atoms with Crippen LogP contribution in [-0.2, 0) is 9.53 Å². The van der Waals surface area contributed by atoms with Crippen LogP contribution >= 0.6 is 11.6 Å². The smallest absolute Gasteiger partial charge is 0.240 e. The van der Waals surface area contributed by atoms with Gasteiger partial charge in [-0.15, -0.1) is 11.6 Å². The van der Waals surface area contributed by atoms with Crippen LogP contribution in [0.3, 0.4) is 0 Å². The zero-order valence-corrected chi connectivity index (χ0v) is 11.0. The van der Waals surface area contributed by atoms with Crippen molar-refractivity contribution < 1.29 is 9.53 Å². The molecule has 0 spiro atoms. The third-order valence-corrected chi connectivity index (χ3v) is 3.55. The molecule has 2 unspecified atom stereocenters. The van der Waals surface area contributed by atoms with Gasteiger partial charge < -0.3 is 9.64 Å². The van der Waals surface area contributed by atoms with Gasteiger partial charge in [-0.05, 0) is 32.6 Å². The van der Waals surface area contributed by atoms with Gasteiger partial charge in [-0.2, -0.15) is 0 Å². The quantitative estimate of drug-likeness (QED) is 0.699. The number of hydrogen-bond acceptors (Lipinski definition) is 2. The van der Waals surface area contributed by atoms with Crippen molar-refractivity contribution in [3.63, 3.8) is 0 Å². The number of rotatable bonds is 5. The lowest BCUT2D eigenvalue weighted by Crippen LogP contribution is -2.48. The van der Waals surface area contributed by atoms with Crippen LogP contribution < -0.4 is 0 Å².